The van der Waals surface area contributed by atoms with Crippen LogP contribution in [-0.4, -0.2) is 17.6 Å². The summed E-state index contributed by atoms with van der Waals surface area (Å²) >= 11 is 0. The van der Waals surface area contributed by atoms with Crippen molar-refractivity contribution in [3.05, 3.63) is 58.6 Å². The number of benzene rings is 2. The van der Waals surface area contributed by atoms with Crippen molar-refractivity contribution in [1.82, 2.24) is 4.57 Å². The van der Waals surface area contributed by atoms with Gasteiger partial charge in [0.2, 0.25) is 0 Å². The number of amides is 1. The van der Waals surface area contributed by atoms with Gasteiger partial charge in [-0.1, -0.05) is 0 Å². The molecule has 0 bridgehead atoms. The molecule has 0 saturated heterocycles. The first-order valence-electron chi connectivity index (χ1n) is 6.63. The van der Waals surface area contributed by atoms with Gasteiger partial charge in [0.25, 0.3) is 5.91 Å². The molecule has 22 heavy (non-hydrogen) atoms. The van der Waals surface area contributed by atoms with Gasteiger partial charge in [-0.15, -0.1) is 0 Å². The molecule has 0 atom stereocenters. The first kappa shape index (κ1) is 13.9. The molecule has 0 aliphatic heterocycles. The fraction of sp³-hybridized carbons (Fsp3) is 0.125. The van der Waals surface area contributed by atoms with Crippen molar-refractivity contribution in [3.63, 3.8) is 0 Å². The van der Waals surface area contributed by atoms with E-state index >= 15 is 0 Å². The van der Waals surface area contributed by atoms with Crippen molar-refractivity contribution in [2.24, 2.45) is 7.05 Å². The van der Waals surface area contributed by atoms with E-state index in [1.165, 1.54) is 4.57 Å². The maximum Gasteiger partial charge on any atom is 0.419 e. The molecule has 0 aliphatic carbocycles. The van der Waals surface area contributed by atoms with Crippen LogP contribution < -0.4 is 15.8 Å². The molecule has 6 heteroatoms. The minimum Gasteiger partial charge on any atom is -0.497 e. The number of aromatic nitrogens is 1. The molecule has 0 radical (unpaired) electrons. The van der Waals surface area contributed by atoms with E-state index in [4.69, 9.17) is 9.15 Å². The normalized spacial score (nSPS) is 10.6. The van der Waals surface area contributed by atoms with Crippen molar-refractivity contribution in [2.45, 2.75) is 0 Å². The Morgan fingerprint density at radius 2 is 1.91 bits per heavy atom. The quantitative estimate of drug-likeness (QED) is 0.805. The van der Waals surface area contributed by atoms with Gasteiger partial charge in [-0.05, 0) is 42.5 Å². The molecule has 0 aliphatic rings. The fourth-order valence-corrected chi connectivity index (χ4v) is 2.15. The van der Waals surface area contributed by atoms with E-state index in [0.29, 0.717) is 28.1 Å². The van der Waals surface area contributed by atoms with Crippen LogP contribution in [0.3, 0.4) is 0 Å². The Labute approximate surface area is 125 Å². The second kappa shape index (κ2) is 5.40. The number of methoxy groups -OCH3 is 1. The van der Waals surface area contributed by atoms with Crippen LogP contribution >= 0.6 is 0 Å². The maximum absolute atomic E-state index is 12.3. The molecule has 1 amide bonds. The molecule has 3 rings (SSSR count). The number of carbonyl (C=O) groups is 1. The number of anilines is 1. The monoisotopic (exact) mass is 298 g/mol. The van der Waals surface area contributed by atoms with Gasteiger partial charge in [0, 0.05) is 18.3 Å². The minimum atomic E-state index is -0.456. The zero-order chi connectivity index (χ0) is 15.7. The van der Waals surface area contributed by atoms with Gasteiger partial charge in [-0.25, -0.2) is 4.79 Å². The van der Waals surface area contributed by atoms with Crippen LogP contribution in [0, 0.1) is 0 Å². The summed E-state index contributed by atoms with van der Waals surface area (Å²) in [6, 6.07) is 11.9. The third-order valence-electron chi connectivity index (χ3n) is 3.40. The van der Waals surface area contributed by atoms with Gasteiger partial charge >= 0.3 is 5.76 Å². The molecule has 1 N–H and O–H groups in total. The van der Waals surface area contributed by atoms with Crippen LogP contribution in [0.1, 0.15) is 10.4 Å². The number of oxazole rings is 1. The number of carbonyl (C=O) groups excluding carboxylic acids is 1. The summed E-state index contributed by atoms with van der Waals surface area (Å²) in [5, 5.41) is 2.79. The summed E-state index contributed by atoms with van der Waals surface area (Å²) in [7, 11) is 3.18. The summed E-state index contributed by atoms with van der Waals surface area (Å²) < 4.78 is 11.5. The van der Waals surface area contributed by atoms with Gasteiger partial charge in [0.15, 0.2) is 5.58 Å². The van der Waals surface area contributed by atoms with E-state index in [9.17, 15) is 9.59 Å². The zero-order valence-corrected chi connectivity index (χ0v) is 12.1. The Morgan fingerprint density at radius 3 is 2.59 bits per heavy atom. The number of hydrogen-bond acceptors (Lipinski definition) is 4. The molecule has 2 aromatic carbocycles. The van der Waals surface area contributed by atoms with Crippen molar-refractivity contribution < 1.29 is 13.9 Å². The second-order valence-electron chi connectivity index (χ2n) is 4.79. The van der Waals surface area contributed by atoms with Gasteiger partial charge in [-0.2, -0.15) is 0 Å². The van der Waals surface area contributed by atoms with E-state index in [2.05, 4.69) is 5.32 Å². The van der Waals surface area contributed by atoms with Gasteiger partial charge in [-0.3, -0.25) is 9.36 Å². The summed E-state index contributed by atoms with van der Waals surface area (Å²) in [5.74, 6) is -0.00348. The molecule has 0 unspecified atom stereocenters. The highest BCUT2D eigenvalue weighted by Gasteiger charge is 2.11. The van der Waals surface area contributed by atoms with E-state index < -0.39 is 5.76 Å². The Bertz CT molecular complexity index is 891. The highest BCUT2D eigenvalue weighted by Crippen LogP contribution is 2.18. The molecular weight excluding hydrogens is 284 g/mol. The van der Waals surface area contributed by atoms with Crippen LogP contribution in [0.15, 0.2) is 51.7 Å². The SMILES string of the molecule is COc1ccc(NC(=O)c2ccc3oc(=O)n(C)c3c2)cc1. The Balaban J connectivity index is 1.87. The fourth-order valence-electron chi connectivity index (χ4n) is 2.15. The highest BCUT2D eigenvalue weighted by atomic mass is 16.5. The van der Waals surface area contributed by atoms with Crippen LogP contribution in [0.2, 0.25) is 0 Å². The van der Waals surface area contributed by atoms with Crippen molar-refractivity contribution in [2.75, 3.05) is 12.4 Å². The summed E-state index contributed by atoms with van der Waals surface area (Å²) in [6.07, 6.45) is 0. The molecule has 0 spiro atoms. The van der Waals surface area contributed by atoms with Crippen molar-refractivity contribution in [1.29, 1.82) is 0 Å². The van der Waals surface area contributed by atoms with Crippen molar-refractivity contribution in [3.8, 4) is 5.75 Å². The Hall–Kier alpha value is -3.02. The van der Waals surface area contributed by atoms with Crippen LogP contribution in [0.25, 0.3) is 11.1 Å². The standard InChI is InChI=1S/C16H14N2O4/c1-18-13-9-10(3-8-14(13)22-16(18)20)15(19)17-11-4-6-12(21-2)7-5-11/h3-9H,1-2H3,(H,17,19). The van der Waals surface area contributed by atoms with Crippen molar-refractivity contribution >= 4 is 22.7 Å². The molecule has 1 aromatic heterocycles. The third-order valence-corrected chi connectivity index (χ3v) is 3.40. The third kappa shape index (κ3) is 2.46. The first-order chi connectivity index (χ1) is 10.6. The number of nitrogens with one attached hydrogen (secondary N) is 1. The average molecular weight is 298 g/mol. The smallest absolute Gasteiger partial charge is 0.419 e. The molecule has 6 nitrogen and oxygen atoms in total. The summed E-state index contributed by atoms with van der Waals surface area (Å²) in [4.78, 5) is 23.7. The molecular formula is C16H14N2O4. The van der Waals surface area contributed by atoms with E-state index in [-0.39, 0.29) is 5.91 Å². The number of ether oxygens (including phenoxy) is 1. The number of rotatable bonds is 3. The topological polar surface area (TPSA) is 73.5 Å². The van der Waals surface area contributed by atoms with E-state index in [1.807, 2.05) is 0 Å². The molecule has 3 aromatic rings. The lowest BCUT2D eigenvalue weighted by Crippen LogP contribution is -2.12. The molecule has 1 heterocycles. The molecule has 0 saturated carbocycles. The average Bonchev–Trinajstić information content (AvgIpc) is 2.82. The van der Waals surface area contributed by atoms with Crippen LogP contribution in [0.5, 0.6) is 5.75 Å². The van der Waals surface area contributed by atoms with Gasteiger partial charge < -0.3 is 14.5 Å². The number of fused-ring (bicyclic) bond motifs is 1. The Kier molecular flexibility index (Phi) is 3.42. The summed E-state index contributed by atoms with van der Waals surface area (Å²) in [6.45, 7) is 0. The predicted octanol–water partition coefficient (Wildman–Crippen LogP) is 2.39. The highest BCUT2D eigenvalue weighted by molar-refractivity contribution is 6.05. The van der Waals surface area contributed by atoms with Gasteiger partial charge in [0.05, 0.1) is 12.6 Å². The minimum absolute atomic E-state index is 0.263. The Morgan fingerprint density at radius 1 is 1.18 bits per heavy atom. The largest absolute Gasteiger partial charge is 0.497 e. The lowest BCUT2D eigenvalue weighted by atomic mass is 10.2. The maximum atomic E-state index is 12.3. The molecule has 0 fully saturated rings. The lowest BCUT2D eigenvalue weighted by Gasteiger charge is -2.06. The van der Waals surface area contributed by atoms with E-state index in [1.54, 1.807) is 56.6 Å². The lowest BCUT2D eigenvalue weighted by molar-refractivity contribution is 0.102. The number of nitrogens with zero attached hydrogens (tertiary/aromatic N) is 1. The first-order valence-corrected chi connectivity index (χ1v) is 6.63. The zero-order valence-electron chi connectivity index (χ0n) is 12.1. The summed E-state index contributed by atoms with van der Waals surface area (Å²) in [5.41, 5.74) is 2.13. The predicted molar refractivity (Wildman–Crippen MR) is 82.4 cm³/mol. The van der Waals surface area contributed by atoms with Crippen LogP contribution in [0.4, 0.5) is 5.69 Å². The molecule has 112 valence electrons. The number of aryl methyl sites for hydroxylation is 1. The second-order valence-corrected chi connectivity index (χ2v) is 4.79. The van der Waals surface area contributed by atoms with Crippen LogP contribution in [-0.2, 0) is 7.05 Å². The van der Waals surface area contributed by atoms with Gasteiger partial charge in [0.1, 0.15) is 5.75 Å². The van der Waals surface area contributed by atoms with E-state index in [0.717, 1.165) is 0 Å². The number of hydrogen-bond donors (Lipinski definition) is 1.